The predicted octanol–water partition coefficient (Wildman–Crippen LogP) is 0.852. The van der Waals surface area contributed by atoms with Gasteiger partial charge in [0.25, 0.3) is 0 Å². The van der Waals surface area contributed by atoms with Crippen molar-refractivity contribution < 1.29 is 19.1 Å². The maximum atomic E-state index is 11.7. The second kappa shape index (κ2) is 6.98. The zero-order valence-corrected chi connectivity index (χ0v) is 11.9. The van der Waals surface area contributed by atoms with Crippen LogP contribution in [-0.2, 0) is 9.59 Å². The number of hydrogen-bond acceptors (Lipinski definition) is 6. The average Bonchev–Trinajstić information content (AvgIpc) is 2.64. The second-order valence-electron chi connectivity index (χ2n) is 4.11. The molecule has 1 atom stereocenters. The molecule has 0 unspecified atom stereocenters. The lowest BCUT2D eigenvalue weighted by molar-refractivity contribution is -0.137. The fourth-order valence-electron chi connectivity index (χ4n) is 1.36. The van der Waals surface area contributed by atoms with Crippen LogP contribution in [0.1, 0.15) is 16.9 Å². The highest BCUT2D eigenvalue weighted by atomic mass is 32.2. The van der Waals surface area contributed by atoms with E-state index >= 15 is 0 Å². The lowest BCUT2D eigenvalue weighted by Crippen LogP contribution is -2.33. The number of aryl methyl sites for hydroxylation is 1. The molecule has 1 rings (SSSR count). The molecule has 0 aromatic carbocycles. The number of nitriles is 1. The summed E-state index contributed by atoms with van der Waals surface area (Å²) in [5.41, 5.74) is 6.29. The van der Waals surface area contributed by atoms with Crippen molar-refractivity contribution >= 4 is 29.5 Å². The van der Waals surface area contributed by atoms with Crippen LogP contribution in [0, 0.1) is 25.2 Å². The van der Waals surface area contributed by atoms with E-state index in [2.05, 4.69) is 5.32 Å². The number of carbonyl (C=O) groups is 2. The predicted molar refractivity (Wildman–Crippen MR) is 74.5 cm³/mol. The number of anilines is 1. The fraction of sp³-hybridized carbons (Fsp3) is 0.417. The Bertz CT molecular complexity index is 562. The van der Waals surface area contributed by atoms with Crippen LogP contribution in [0.4, 0.5) is 5.88 Å². The molecule has 4 N–H and O–H groups in total. The number of aliphatic carboxylic acids is 1. The molecule has 0 radical (unpaired) electrons. The van der Waals surface area contributed by atoms with Crippen LogP contribution in [0.2, 0.25) is 0 Å². The number of furan rings is 1. The molecule has 0 bridgehead atoms. The molecular weight excluding hydrogens is 282 g/mol. The highest BCUT2D eigenvalue weighted by Gasteiger charge is 2.17. The third kappa shape index (κ3) is 4.01. The summed E-state index contributed by atoms with van der Waals surface area (Å²) in [5.74, 6) is -0.637. The van der Waals surface area contributed by atoms with Crippen molar-refractivity contribution in [2.24, 2.45) is 5.73 Å². The summed E-state index contributed by atoms with van der Waals surface area (Å²) in [4.78, 5) is 22.2. The maximum Gasteiger partial charge on any atom is 0.321 e. The van der Waals surface area contributed by atoms with Crippen LogP contribution in [0.5, 0.6) is 0 Å². The third-order valence-electron chi connectivity index (χ3n) is 2.60. The van der Waals surface area contributed by atoms with Gasteiger partial charge in [0.15, 0.2) is 0 Å². The molecule has 0 spiro atoms. The number of thioether (sulfide) groups is 1. The van der Waals surface area contributed by atoms with E-state index in [-0.39, 0.29) is 23.3 Å². The monoisotopic (exact) mass is 297 g/mol. The van der Waals surface area contributed by atoms with E-state index in [0.29, 0.717) is 16.9 Å². The van der Waals surface area contributed by atoms with Crippen molar-refractivity contribution in [3.8, 4) is 6.07 Å². The number of carboxylic acid groups (broad SMARTS) is 1. The van der Waals surface area contributed by atoms with Crippen LogP contribution in [0.25, 0.3) is 0 Å². The molecule has 0 fully saturated rings. The van der Waals surface area contributed by atoms with E-state index in [1.54, 1.807) is 13.8 Å². The summed E-state index contributed by atoms with van der Waals surface area (Å²) in [5, 5.41) is 20.1. The van der Waals surface area contributed by atoms with Gasteiger partial charge in [-0.1, -0.05) is 0 Å². The van der Waals surface area contributed by atoms with Crippen molar-refractivity contribution in [1.29, 1.82) is 5.26 Å². The van der Waals surface area contributed by atoms with Gasteiger partial charge in [0, 0.05) is 11.3 Å². The van der Waals surface area contributed by atoms with E-state index < -0.39 is 12.0 Å². The van der Waals surface area contributed by atoms with Crippen LogP contribution in [-0.4, -0.2) is 34.5 Å². The quantitative estimate of drug-likeness (QED) is 0.709. The molecule has 8 heteroatoms. The van der Waals surface area contributed by atoms with Crippen molar-refractivity contribution in [2.45, 2.75) is 19.9 Å². The Morgan fingerprint density at radius 2 is 2.20 bits per heavy atom. The summed E-state index contributed by atoms with van der Waals surface area (Å²) in [6, 6.07) is 0.962. The van der Waals surface area contributed by atoms with Gasteiger partial charge in [-0.2, -0.15) is 5.26 Å². The number of carboxylic acids is 1. The van der Waals surface area contributed by atoms with Crippen molar-refractivity contribution in [2.75, 3.05) is 16.8 Å². The molecule has 20 heavy (non-hydrogen) atoms. The van der Waals surface area contributed by atoms with E-state index in [4.69, 9.17) is 20.5 Å². The number of nitrogens with two attached hydrogens (primary N) is 1. The standard InChI is InChI=1S/C12H15N3O4S/c1-6-7(2)19-11(8(6)3-13)15-10(16)5-20-4-9(14)12(17)18/h9H,4-5,14H2,1-2H3,(H,15,16)(H,17,18)/t9-/m1/s1. The first-order valence-corrected chi connectivity index (χ1v) is 6.88. The molecule has 0 aliphatic carbocycles. The summed E-state index contributed by atoms with van der Waals surface area (Å²) in [6.07, 6.45) is 0. The maximum absolute atomic E-state index is 11.7. The van der Waals surface area contributed by atoms with E-state index in [9.17, 15) is 9.59 Å². The summed E-state index contributed by atoms with van der Waals surface area (Å²) < 4.78 is 5.29. The first-order chi connectivity index (χ1) is 9.36. The summed E-state index contributed by atoms with van der Waals surface area (Å²) in [7, 11) is 0. The van der Waals surface area contributed by atoms with E-state index in [1.807, 2.05) is 6.07 Å². The average molecular weight is 297 g/mol. The normalized spacial score (nSPS) is 11.7. The molecule has 0 aliphatic heterocycles. The highest BCUT2D eigenvalue weighted by Crippen LogP contribution is 2.25. The molecule has 108 valence electrons. The molecule has 0 aliphatic rings. The molecule has 0 saturated heterocycles. The Labute approximate surface area is 120 Å². The Kier molecular flexibility index (Phi) is 5.61. The van der Waals surface area contributed by atoms with Gasteiger partial charge >= 0.3 is 5.97 Å². The van der Waals surface area contributed by atoms with Crippen LogP contribution < -0.4 is 11.1 Å². The number of carbonyl (C=O) groups excluding carboxylic acids is 1. The molecule has 1 heterocycles. The van der Waals surface area contributed by atoms with Gasteiger partial charge in [-0.25, -0.2) is 0 Å². The Balaban J connectivity index is 2.54. The molecule has 0 saturated carbocycles. The van der Waals surface area contributed by atoms with Crippen LogP contribution in [0.3, 0.4) is 0 Å². The van der Waals surface area contributed by atoms with Crippen LogP contribution in [0.15, 0.2) is 4.42 Å². The van der Waals surface area contributed by atoms with Gasteiger partial charge in [-0.3, -0.25) is 14.9 Å². The fourth-order valence-corrected chi connectivity index (χ4v) is 2.13. The zero-order chi connectivity index (χ0) is 15.3. The first kappa shape index (κ1) is 16.1. The number of nitrogens with zero attached hydrogens (tertiary/aromatic N) is 1. The van der Waals surface area contributed by atoms with E-state index in [0.717, 1.165) is 11.8 Å². The van der Waals surface area contributed by atoms with Crippen LogP contribution >= 0.6 is 11.8 Å². The van der Waals surface area contributed by atoms with Crippen molar-refractivity contribution in [1.82, 2.24) is 0 Å². The number of amides is 1. The smallest absolute Gasteiger partial charge is 0.321 e. The van der Waals surface area contributed by atoms with Crippen molar-refractivity contribution in [3.05, 3.63) is 16.9 Å². The molecular formula is C12H15N3O4S. The van der Waals surface area contributed by atoms with Gasteiger partial charge in [0.05, 0.1) is 5.75 Å². The molecule has 7 nitrogen and oxygen atoms in total. The highest BCUT2D eigenvalue weighted by molar-refractivity contribution is 8.00. The Hall–Kier alpha value is -1.98. The first-order valence-electron chi connectivity index (χ1n) is 5.72. The molecule has 1 amide bonds. The summed E-state index contributed by atoms with van der Waals surface area (Å²) >= 11 is 1.10. The summed E-state index contributed by atoms with van der Waals surface area (Å²) in [6.45, 7) is 3.43. The van der Waals surface area contributed by atoms with Gasteiger partial charge in [-0.05, 0) is 13.8 Å². The number of rotatable bonds is 6. The van der Waals surface area contributed by atoms with Gasteiger partial charge in [0.1, 0.15) is 23.4 Å². The minimum atomic E-state index is -1.11. The second-order valence-corrected chi connectivity index (χ2v) is 5.14. The zero-order valence-electron chi connectivity index (χ0n) is 11.1. The number of hydrogen-bond donors (Lipinski definition) is 3. The van der Waals surface area contributed by atoms with E-state index in [1.165, 1.54) is 0 Å². The SMILES string of the molecule is Cc1oc(NC(=O)CSC[C@@H](N)C(=O)O)c(C#N)c1C. The third-order valence-corrected chi connectivity index (χ3v) is 3.66. The van der Waals surface area contributed by atoms with Gasteiger partial charge < -0.3 is 15.3 Å². The largest absolute Gasteiger partial charge is 0.480 e. The topological polar surface area (TPSA) is 129 Å². The minimum absolute atomic E-state index is 0.0324. The van der Waals surface area contributed by atoms with Crippen molar-refractivity contribution in [3.63, 3.8) is 0 Å². The lowest BCUT2D eigenvalue weighted by atomic mass is 10.2. The molecule has 1 aromatic heterocycles. The van der Waals surface area contributed by atoms with Gasteiger partial charge in [-0.15, -0.1) is 11.8 Å². The minimum Gasteiger partial charge on any atom is -0.480 e. The van der Waals surface area contributed by atoms with Gasteiger partial charge in [0.2, 0.25) is 11.8 Å². The lowest BCUT2D eigenvalue weighted by Gasteiger charge is -2.05. The number of nitrogens with one attached hydrogen (secondary N) is 1. The molecule has 1 aromatic rings. The Morgan fingerprint density at radius 1 is 1.55 bits per heavy atom. The Morgan fingerprint density at radius 3 is 2.75 bits per heavy atom.